The molecule has 0 saturated heterocycles. The summed E-state index contributed by atoms with van der Waals surface area (Å²) in [5.41, 5.74) is 6.81. The maximum Gasteiger partial charge on any atom is 0.0708 e. The standard InChI is InChI=1S/C30H21Cl2N/c31-26-13-8-23(9-14-26)30(24-10-15-27(32)16-11-24)25-12-17-29-28(20-25)22(18-19-33-29)7-6-21-4-2-1-3-5-21/h1-20,30H/b7-6+. The minimum Gasteiger partial charge on any atom is -0.256 e. The van der Waals surface area contributed by atoms with E-state index in [0.29, 0.717) is 0 Å². The summed E-state index contributed by atoms with van der Waals surface area (Å²) in [6.45, 7) is 0. The van der Waals surface area contributed by atoms with Gasteiger partial charge in [0.25, 0.3) is 0 Å². The lowest BCUT2D eigenvalue weighted by Crippen LogP contribution is -2.03. The van der Waals surface area contributed by atoms with Crippen LogP contribution in [0.5, 0.6) is 0 Å². The summed E-state index contributed by atoms with van der Waals surface area (Å²) in [6, 6.07) is 35.0. The molecule has 0 spiro atoms. The molecule has 0 atom stereocenters. The van der Waals surface area contributed by atoms with Crippen LogP contribution in [0.1, 0.15) is 33.7 Å². The molecule has 5 rings (SSSR count). The predicted molar refractivity (Wildman–Crippen MR) is 141 cm³/mol. The van der Waals surface area contributed by atoms with Crippen LogP contribution in [0.15, 0.2) is 109 Å². The fourth-order valence-electron chi connectivity index (χ4n) is 4.15. The van der Waals surface area contributed by atoms with E-state index < -0.39 is 0 Å². The van der Waals surface area contributed by atoms with Gasteiger partial charge in [0, 0.05) is 27.5 Å². The second-order valence-electron chi connectivity index (χ2n) is 7.96. The van der Waals surface area contributed by atoms with E-state index in [4.69, 9.17) is 23.2 Å². The largest absolute Gasteiger partial charge is 0.256 e. The third-order valence-corrected chi connectivity index (χ3v) is 6.30. The van der Waals surface area contributed by atoms with Gasteiger partial charge in [0.15, 0.2) is 0 Å². The minimum absolute atomic E-state index is 0.0510. The van der Waals surface area contributed by atoms with Gasteiger partial charge in [0.05, 0.1) is 5.52 Å². The van der Waals surface area contributed by atoms with Gasteiger partial charge in [-0.15, -0.1) is 0 Å². The lowest BCUT2D eigenvalue weighted by molar-refractivity contribution is 0.980. The molecule has 0 aliphatic rings. The van der Waals surface area contributed by atoms with Crippen LogP contribution in [0.25, 0.3) is 23.1 Å². The van der Waals surface area contributed by atoms with Gasteiger partial charge in [0.1, 0.15) is 0 Å². The SMILES string of the molecule is Clc1ccc(C(c2ccc(Cl)cc2)c2ccc3nccc(/C=C/c4ccccc4)c3c2)cc1. The Morgan fingerprint density at radius 2 is 1.21 bits per heavy atom. The predicted octanol–water partition coefficient (Wildman–Crippen LogP) is 8.89. The summed E-state index contributed by atoms with van der Waals surface area (Å²) >= 11 is 12.4. The molecule has 0 unspecified atom stereocenters. The Bertz CT molecular complexity index is 1360. The van der Waals surface area contributed by atoms with E-state index >= 15 is 0 Å². The number of nitrogens with zero attached hydrogens (tertiary/aromatic N) is 1. The summed E-state index contributed by atoms with van der Waals surface area (Å²) in [4.78, 5) is 4.60. The zero-order valence-corrected chi connectivity index (χ0v) is 19.3. The fraction of sp³-hybridized carbons (Fsp3) is 0.0333. The average Bonchev–Trinajstić information content (AvgIpc) is 2.86. The van der Waals surface area contributed by atoms with Crippen LogP contribution in [0, 0.1) is 0 Å². The molecule has 0 N–H and O–H groups in total. The van der Waals surface area contributed by atoms with Gasteiger partial charge in [-0.3, -0.25) is 4.98 Å². The van der Waals surface area contributed by atoms with E-state index in [0.717, 1.165) is 26.5 Å². The number of pyridine rings is 1. The third kappa shape index (κ3) is 4.85. The summed E-state index contributed by atoms with van der Waals surface area (Å²) in [7, 11) is 0. The Kier molecular flexibility index (Phi) is 6.26. The van der Waals surface area contributed by atoms with Gasteiger partial charge in [0.2, 0.25) is 0 Å². The summed E-state index contributed by atoms with van der Waals surface area (Å²) < 4.78 is 0. The highest BCUT2D eigenvalue weighted by molar-refractivity contribution is 6.30. The van der Waals surface area contributed by atoms with Gasteiger partial charge in [-0.1, -0.05) is 96.0 Å². The highest BCUT2D eigenvalue weighted by Crippen LogP contribution is 2.35. The Morgan fingerprint density at radius 3 is 1.85 bits per heavy atom. The van der Waals surface area contributed by atoms with E-state index in [1.54, 1.807) is 0 Å². The highest BCUT2D eigenvalue weighted by Gasteiger charge is 2.18. The van der Waals surface area contributed by atoms with Crippen molar-refractivity contribution in [3.8, 4) is 0 Å². The van der Waals surface area contributed by atoms with E-state index in [1.165, 1.54) is 22.3 Å². The molecule has 0 aliphatic heterocycles. The first-order valence-corrected chi connectivity index (χ1v) is 11.6. The fourth-order valence-corrected chi connectivity index (χ4v) is 4.40. The van der Waals surface area contributed by atoms with Crippen molar-refractivity contribution in [3.63, 3.8) is 0 Å². The summed E-state index contributed by atoms with van der Waals surface area (Å²) in [5, 5.41) is 2.57. The van der Waals surface area contributed by atoms with Crippen molar-refractivity contribution in [1.29, 1.82) is 0 Å². The quantitative estimate of drug-likeness (QED) is 0.236. The normalized spacial score (nSPS) is 11.5. The maximum atomic E-state index is 6.18. The molecule has 0 saturated carbocycles. The first-order chi connectivity index (χ1) is 16.2. The van der Waals surface area contributed by atoms with Gasteiger partial charge in [-0.2, -0.15) is 0 Å². The topological polar surface area (TPSA) is 12.9 Å². The monoisotopic (exact) mass is 465 g/mol. The van der Waals surface area contributed by atoms with E-state index in [2.05, 4.69) is 77.8 Å². The molecule has 1 heterocycles. The van der Waals surface area contributed by atoms with Crippen LogP contribution < -0.4 is 0 Å². The number of hydrogen-bond acceptors (Lipinski definition) is 1. The van der Waals surface area contributed by atoms with Gasteiger partial charge in [-0.05, 0) is 70.3 Å². The Balaban J connectivity index is 1.63. The van der Waals surface area contributed by atoms with Crippen molar-refractivity contribution >= 4 is 46.3 Å². The first kappa shape index (κ1) is 21.5. The summed E-state index contributed by atoms with van der Waals surface area (Å²) in [5.74, 6) is 0.0510. The van der Waals surface area contributed by atoms with Crippen LogP contribution in [-0.2, 0) is 0 Å². The second kappa shape index (κ2) is 9.62. The highest BCUT2D eigenvalue weighted by atomic mass is 35.5. The molecule has 0 bridgehead atoms. The Labute approximate surface area is 204 Å². The van der Waals surface area contributed by atoms with Gasteiger partial charge in [-0.25, -0.2) is 0 Å². The number of benzene rings is 4. The number of hydrogen-bond donors (Lipinski definition) is 0. The molecular weight excluding hydrogens is 445 g/mol. The van der Waals surface area contributed by atoms with E-state index in [-0.39, 0.29) is 5.92 Å². The van der Waals surface area contributed by atoms with Crippen LogP contribution in [-0.4, -0.2) is 4.98 Å². The average molecular weight is 466 g/mol. The molecule has 1 nitrogen and oxygen atoms in total. The molecule has 3 heteroatoms. The number of fused-ring (bicyclic) bond motifs is 1. The lowest BCUT2D eigenvalue weighted by atomic mass is 9.84. The molecule has 0 radical (unpaired) electrons. The molecule has 160 valence electrons. The molecule has 4 aromatic carbocycles. The van der Waals surface area contributed by atoms with Crippen molar-refractivity contribution in [1.82, 2.24) is 4.98 Å². The molecule has 0 amide bonds. The van der Waals surface area contributed by atoms with Crippen LogP contribution in [0.3, 0.4) is 0 Å². The molecule has 0 aliphatic carbocycles. The maximum absolute atomic E-state index is 6.18. The Morgan fingerprint density at radius 1 is 0.606 bits per heavy atom. The first-order valence-electron chi connectivity index (χ1n) is 10.8. The van der Waals surface area contributed by atoms with Gasteiger partial charge < -0.3 is 0 Å². The number of rotatable bonds is 5. The molecule has 1 aromatic heterocycles. The molecular formula is C30H21Cl2N. The molecule has 5 aromatic rings. The van der Waals surface area contributed by atoms with Crippen LogP contribution in [0.4, 0.5) is 0 Å². The Hall–Kier alpha value is -3.39. The third-order valence-electron chi connectivity index (χ3n) is 5.79. The molecule has 33 heavy (non-hydrogen) atoms. The van der Waals surface area contributed by atoms with Crippen LogP contribution in [0.2, 0.25) is 10.0 Å². The smallest absolute Gasteiger partial charge is 0.0708 e. The van der Waals surface area contributed by atoms with Crippen LogP contribution >= 0.6 is 23.2 Å². The van der Waals surface area contributed by atoms with Gasteiger partial charge >= 0.3 is 0 Å². The van der Waals surface area contributed by atoms with Crippen molar-refractivity contribution in [2.45, 2.75) is 5.92 Å². The lowest BCUT2D eigenvalue weighted by Gasteiger charge is -2.20. The minimum atomic E-state index is 0.0510. The van der Waals surface area contributed by atoms with E-state index in [9.17, 15) is 0 Å². The van der Waals surface area contributed by atoms with Crippen molar-refractivity contribution in [3.05, 3.63) is 147 Å². The van der Waals surface area contributed by atoms with Crippen molar-refractivity contribution < 1.29 is 0 Å². The van der Waals surface area contributed by atoms with Crippen molar-refractivity contribution in [2.75, 3.05) is 0 Å². The number of aromatic nitrogens is 1. The second-order valence-corrected chi connectivity index (χ2v) is 8.83. The van der Waals surface area contributed by atoms with E-state index in [1.807, 2.05) is 48.7 Å². The zero-order chi connectivity index (χ0) is 22.6. The number of halogens is 2. The molecule has 0 fully saturated rings. The van der Waals surface area contributed by atoms with Crippen molar-refractivity contribution in [2.24, 2.45) is 0 Å². The zero-order valence-electron chi connectivity index (χ0n) is 17.8. The summed E-state index contributed by atoms with van der Waals surface area (Å²) in [6.07, 6.45) is 6.16.